The molecule has 1 heterocycles. The van der Waals surface area contributed by atoms with Crippen molar-refractivity contribution in [2.24, 2.45) is 0 Å². The van der Waals surface area contributed by atoms with Crippen LogP contribution in [0.15, 0.2) is 17.1 Å². The van der Waals surface area contributed by atoms with Gasteiger partial charge in [0.2, 0.25) is 11.2 Å². The molecular weight excluding hydrogens is 429 g/mol. The summed E-state index contributed by atoms with van der Waals surface area (Å²) in [6, 6.07) is -0.109. The first-order chi connectivity index (χ1) is 13.4. The van der Waals surface area contributed by atoms with Gasteiger partial charge in [0.25, 0.3) is 0 Å². The molecule has 1 aliphatic rings. The van der Waals surface area contributed by atoms with Crippen molar-refractivity contribution in [2.75, 3.05) is 6.61 Å². The summed E-state index contributed by atoms with van der Waals surface area (Å²) in [5.41, 5.74) is -8.26. The summed E-state index contributed by atoms with van der Waals surface area (Å²) >= 11 is 0. The molecule has 1 aromatic heterocycles. The smallest absolute Gasteiger partial charge is 0.462 e. The second-order valence-electron chi connectivity index (χ2n) is 6.11. The number of halogens is 5. The summed E-state index contributed by atoms with van der Waals surface area (Å²) in [7, 11) is -6.36. The standard InChI is InChI=1S/C16H12F5NO6S/c1-2-27-15(24)9-6-22(7-3-4-7)12-8(13(9)23)5-10(17)14(11(12)18)28-29(25,26)16(19,20)21/h5-7H,2-4H2,1H3. The van der Waals surface area contributed by atoms with Gasteiger partial charge in [-0.15, -0.1) is 0 Å². The Morgan fingerprint density at radius 3 is 2.41 bits per heavy atom. The maximum absolute atomic E-state index is 14.9. The third-order valence-corrected chi connectivity index (χ3v) is 5.03. The minimum Gasteiger partial charge on any atom is -0.462 e. The van der Waals surface area contributed by atoms with E-state index in [4.69, 9.17) is 4.74 Å². The average molecular weight is 441 g/mol. The van der Waals surface area contributed by atoms with Gasteiger partial charge >= 0.3 is 21.6 Å². The van der Waals surface area contributed by atoms with Gasteiger partial charge in [-0.1, -0.05) is 0 Å². The molecule has 0 bridgehead atoms. The van der Waals surface area contributed by atoms with E-state index >= 15 is 0 Å². The van der Waals surface area contributed by atoms with Crippen molar-refractivity contribution in [3.8, 4) is 5.75 Å². The maximum Gasteiger partial charge on any atom is 0.534 e. The monoisotopic (exact) mass is 441 g/mol. The molecule has 0 unspecified atom stereocenters. The number of benzene rings is 1. The molecule has 29 heavy (non-hydrogen) atoms. The summed E-state index contributed by atoms with van der Waals surface area (Å²) < 4.78 is 98.5. The van der Waals surface area contributed by atoms with Crippen molar-refractivity contribution < 1.29 is 44.1 Å². The van der Waals surface area contributed by atoms with Gasteiger partial charge in [0.05, 0.1) is 17.5 Å². The zero-order valence-corrected chi connectivity index (χ0v) is 15.4. The normalized spacial score (nSPS) is 14.8. The fourth-order valence-electron chi connectivity index (χ4n) is 2.65. The van der Waals surface area contributed by atoms with Crippen LogP contribution < -0.4 is 9.61 Å². The number of esters is 1. The van der Waals surface area contributed by atoms with Crippen LogP contribution in [0.2, 0.25) is 0 Å². The Labute approximate surface area is 159 Å². The van der Waals surface area contributed by atoms with Crippen LogP contribution in [0.25, 0.3) is 10.9 Å². The van der Waals surface area contributed by atoms with Crippen LogP contribution in [0.3, 0.4) is 0 Å². The Bertz CT molecular complexity index is 1170. The minimum absolute atomic E-state index is 0.0788. The van der Waals surface area contributed by atoms with Gasteiger partial charge in [-0.2, -0.15) is 21.6 Å². The lowest BCUT2D eigenvalue weighted by Gasteiger charge is -2.16. The molecule has 0 radical (unpaired) electrons. The molecule has 1 fully saturated rings. The second kappa shape index (κ2) is 6.97. The summed E-state index contributed by atoms with van der Waals surface area (Å²) in [6.07, 6.45) is 1.91. The average Bonchev–Trinajstić information content (AvgIpc) is 3.43. The third-order valence-electron chi connectivity index (χ3n) is 4.08. The van der Waals surface area contributed by atoms with Crippen molar-refractivity contribution in [3.05, 3.63) is 39.7 Å². The number of fused-ring (bicyclic) bond motifs is 1. The van der Waals surface area contributed by atoms with E-state index in [0.29, 0.717) is 18.9 Å². The molecule has 2 aromatic rings. The molecular formula is C16H12F5NO6S. The van der Waals surface area contributed by atoms with E-state index in [1.165, 1.54) is 6.92 Å². The van der Waals surface area contributed by atoms with Gasteiger partial charge in [0.15, 0.2) is 11.6 Å². The quantitative estimate of drug-likeness (QED) is 0.307. The highest BCUT2D eigenvalue weighted by atomic mass is 32.2. The van der Waals surface area contributed by atoms with Gasteiger partial charge in [-0.25, -0.2) is 13.6 Å². The van der Waals surface area contributed by atoms with Gasteiger partial charge < -0.3 is 13.5 Å². The van der Waals surface area contributed by atoms with Gasteiger partial charge in [0, 0.05) is 12.2 Å². The number of hydrogen-bond acceptors (Lipinski definition) is 6. The summed E-state index contributed by atoms with van der Waals surface area (Å²) in [5.74, 6) is -6.54. The van der Waals surface area contributed by atoms with Crippen molar-refractivity contribution in [1.29, 1.82) is 0 Å². The van der Waals surface area contributed by atoms with E-state index in [2.05, 4.69) is 4.18 Å². The van der Waals surface area contributed by atoms with Gasteiger partial charge in [0.1, 0.15) is 5.56 Å². The van der Waals surface area contributed by atoms with E-state index in [-0.39, 0.29) is 6.61 Å². The highest BCUT2D eigenvalue weighted by molar-refractivity contribution is 7.88. The summed E-state index contributed by atoms with van der Waals surface area (Å²) in [4.78, 5) is 24.5. The summed E-state index contributed by atoms with van der Waals surface area (Å²) in [5, 5.41) is -0.672. The number of carbonyl (C=O) groups excluding carboxylic acids is 1. The number of aromatic nitrogens is 1. The van der Waals surface area contributed by atoms with Crippen LogP contribution >= 0.6 is 0 Å². The van der Waals surface area contributed by atoms with E-state index in [9.17, 15) is 40.0 Å². The number of alkyl halides is 3. The Morgan fingerprint density at radius 1 is 1.28 bits per heavy atom. The maximum atomic E-state index is 14.9. The molecule has 3 rings (SSSR count). The molecule has 0 atom stereocenters. The molecule has 0 saturated heterocycles. The largest absolute Gasteiger partial charge is 0.534 e. The lowest BCUT2D eigenvalue weighted by atomic mass is 10.1. The molecule has 7 nitrogen and oxygen atoms in total. The molecule has 13 heteroatoms. The second-order valence-corrected chi connectivity index (χ2v) is 7.65. The summed E-state index contributed by atoms with van der Waals surface area (Å²) in [6.45, 7) is 1.40. The van der Waals surface area contributed by atoms with Crippen molar-refractivity contribution in [2.45, 2.75) is 31.3 Å². The van der Waals surface area contributed by atoms with Crippen molar-refractivity contribution in [1.82, 2.24) is 4.57 Å². The van der Waals surface area contributed by atoms with Crippen LogP contribution in [0.4, 0.5) is 22.0 Å². The SMILES string of the molecule is CCOC(=O)c1cn(C2CC2)c2c(F)c(OS(=O)(=O)C(F)(F)F)c(F)cc2c1=O. The predicted octanol–water partition coefficient (Wildman–Crippen LogP) is 3.02. The molecule has 1 aliphatic carbocycles. The van der Waals surface area contributed by atoms with Crippen LogP contribution in [-0.4, -0.2) is 31.1 Å². The number of hydrogen-bond donors (Lipinski definition) is 0. The predicted molar refractivity (Wildman–Crippen MR) is 88.0 cm³/mol. The van der Waals surface area contributed by atoms with E-state index in [0.717, 1.165) is 10.8 Å². The highest BCUT2D eigenvalue weighted by Gasteiger charge is 2.49. The molecule has 0 amide bonds. The molecule has 158 valence electrons. The van der Waals surface area contributed by atoms with Gasteiger partial charge in [-0.3, -0.25) is 4.79 Å². The topological polar surface area (TPSA) is 91.7 Å². The fourth-order valence-corrected chi connectivity index (χ4v) is 3.12. The Hall–Kier alpha value is -2.70. The third kappa shape index (κ3) is 3.66. The lowest BCUT2D eigenvalue weighted by Crippen LogP contribution is -2.29. The first-order valence-electron chi connectivity index (χ1n) is 8.13. The number of ether oxygens (including phenoxy) is 1. The molecule has 1 aromatic carbocycles. The number of nitrogens with zero attached hydrogens (tertiary/aromatic N) is 1. The molecule has 1 saturated carbocycles. The van der Waals surface area contributed by atoms with Gasteiger partial charge in [-0.05, 0) is 25.8 Å². The van der Waals surface area contributed by atoms with Crippen LogP contribution in [0.1, 0.15) is 36.2 Å². The molecule has 0 aliphatic heterocycles. The Morgan fingerprint density at radius 2 is 1.90 bits per heavy atom. The molecule has 0 spiro atoms. The van der Waals surface area contributed by atoms with Crippen LogP contribution in [0, 0.1) is 11.6 Å². The number of rotatable bonds is 5. The van der Waals surface area contributed by atoms with Crippen LogP contribution in [0.5, 0.6) is 5.75 Å². The fraction of sp³-hybridized carbons (Fsp3) is 0.375. The van der Waals surface area contributed by atoms with Crippen LogP contribution in [-0.2, 0) is 14.9 Å². The molecule has 0 N–H and O–H groups in total. The van der Waals surface area contributed by atoms with E-state index in [1.807, 2.05) is 0 Å². The number of pyridine rings is 1. The highest BCUT2D eigenvalue weighted by Crippen LogP contribution is 2.40. The lowest BCUT2D eigenvalue weighted by molar-refractivity contribution is -0.0501. The van der Waals surface area contributed by atoms with Crippen molar-refractivity contribution >= 4 is 27.0 Å². The number of carbonyl (C=O) groups is 1. The minimum atomic E-state index is -6.36. The Balaban J connectivity index is 2.30. The van der Waals surface area contributed by atoms with E-state index in [1.54, 1.807) is 0 Å². The first kappa shape index (κ1) is 21.0. The zero-order valence-electron chi connectivity index (χ0n) is 14.5. The Kier molecular flexibility index (Phi) is 5.05. The van der Waals surface area contributed by atoms with Crippen molar-refractivity contribution in [3.63, 3.8) is 0 Å². The zero-order chi connectivity index (χ0) is 21.7. The first-order valence-corrected chi connectivity index (χ1v) is 9.54. The van der Waals surface area contributed by atoms with E-state index < -0.39 is 66.9 Å².